The van der Waals surface area contributed by atoms with Crippen molar-refractivity contribution in [3.8, 4) is 0 Å². The van der Waals surface area contributed by atoms with Gasteiger partial charge < -0.3 is 9.84 Å². The van der Waals surface area contributed by atoms with Gasteiger partial charge in [-0.05, 0) is 6.92 Å². The van der Waals surface area contributed by atoms with Crippen LogP contribution in [0.25, 0.3) is 0 Å². The van der Waals surface area contributed by atoms with E-state index in [4.69, 9.17) is 5.11 Å². The number of hydrogen-bond donors (Lipinski definition) is 1. The standard InChI is InChI=1S/C8H17NO5S/c1-3-14-8(11)4-5-9(2)15(12,13)7-6-10/h10H,3-7H2,1-2H3. The lowest BCUT2D eigenvalue weighted by molar-refractivity contribution is -0.143. The van der Waals surface area contributed by atoms with Gasteiger partial charge in [0.15, 0.2) is 0 Å². The van der Waals surface area contributed by atoms with E-state index in [1.165, 1.54) is 7.05 Å². The van der Waals surface area contributed by atoms with Gasteiger partial charge in [-0.15, -0.1) is 0 Å². The van der Waals surface area contributed by atoms with Crippen LogP contribution in [0, 0.1) is 0 Å². The third-order valence-corrected chi connectivity index (χ3v) is 3.59. The predicted octanol–water partition coefficient (Wildman–Crippen LogP) is -0.806. The molecule has 0 saturated carbocycles. The Bertz CT molecular complexity index is 287. The van der Waals surface area contributed by atoms with E-state index in [2.05, 4.69) is 4.74 Å². The molecular weight excluding hydrogens is 222 g/mol. The fraction of sp³-hybridized carbons (Fsp3) is 0.875. The zero-order valence-corrected chi connectivity index (χ0v) is 9.79. The maximum Gasteiger partial charge on any atom is 0.307 e. The molecular formula is C8H17NO5S. The summed E-state index contributed by atoms with van der Waals surface area (Å²) in [5, 5.41) is 8.51. The lowest BCUT2D eigenvalue weighted by Gasteiger charge is -2.15. The number of ether oxygens (including phenoxy) is 1. The molecule has 0 aromatic heterocycles. The molecule has 0 amide bonds. The highest BCUT2D eigenvalue weighted by Gasteiger charge is 2.17. The molecule has 0 aromatic rings. The van der Waals surface area contributed by atoms with E-state index in [0.29, 0.717) is 0 Å². The van der Waals surface area contributed by atoms with E-state index >= 15 is 0 Å². The minimum atomic E-state index is -3.45. The van der Waals surface area contributed by atoms with Gasteiger partial charge in [0, 0.05) is 13.6 Å². The van der Waals surface area contributed by atoms with E-state index < -0.39 is 22.6 Å². The van der Waals surface area contributed by atoms with Crippen LogP contribution in [-0.4, -0.2) is 56.4 Å². The van der Waals surface area contributed by atoms with E-state index in [1.54, 1.807) is 6.92 Å². The zero-order chi connectivity index (χ0) is 11.9. The molecule has 6 nitrogen and oxygen atoms in total. The second-order valence-corrected chi connectivity index (χ2v) is 5.11. The van der Waals surface area contributed by atoms with Crippen LogP contribution in [0.4, 0.5) is 0 Å². The first-order valence-electron chi connectivity index (χ1n) is 4.64. The molecule has 0 aromatic carbocycles. The molecule has 0 unspecified atom stereocenters. The smallest absolute Gasteiger partial charge is 0.307 e. The molecule has 0 bridgehead atoms. The molecule has 1 N–H and O–H groups in total. The Hall–Kier alpha value is -0.660. The Balaban J connectivity index is 4.03. The molecule has 0 spiro atoms. The first-order valence-corrected chi connectivity index (χ1v) is 6.25. The van der Waals surface area contributed by atoms with Crippen LogP contribution in [0.2, 0.25) is 0 Å². The average Bonchev–Trinajstić information content (AvgIpc) is 2.14. The van der Waals surface area contributed by atoms with Crippen LogP contribution in [0.1, 0.15) is 13.3 Å². The largest absolute Gasteiger partial charge is 0.466 e. The molecule has 0 heterocycles. The van der Waals surface area contributed by atoms with Gasteiger partial charge in [0.2, 0.25) is 10.0 Å². The molecule has 0 rings (SSSR count). The number of carbonyl (C=O) groups excluding carboxylic acids is 1. The Morgan fingerprint density at radius 2 is 2.07 bits per heavy atom. The van der Waals surface area contributed by atoms with Crippen molar-refractivity contribution >= 4 is 16.0 Å². The molecule has 0 aliphatic rings. The van der Waals surface area contributed by atoms with Crippen LogP contribution >= 0.6 is 0 Å². The normalized spacial score (nSPS) is 11.7. The Morgan fingerprint density at radius 3 is 2.53 bits per heavy atom. The summed E-state index contributed by atoms with van der Waals surface area (Å²) in [5.41, 5.74) is 0. The molecule has 0 fully saturated rings. The van der Waals surface area contributed by atoms with Crippen molar-refractivity contribution in [1.29, 1.82) is 0 Å². The van der Waals surface area contributed by atoms with E-state index in [-0.39, 0.29) is 25.3 Å². The van der Waals surface area contributed by atoms with Gasteiger partial charge in [0.1, 0.15) is 0 Å². The van der Waals surface area contributed by atoms with Crippen LogP contribution in [0.5, 0.6) is 0 Å². The maximum absolute atomic E-state index is 11.3. The van der Waals surface area contributed by atoms with Crippen LogP contribution < -0.4 is 0 Å². The van der Waals surface area contributed by atoms with Crippen LogP contribution in [0.3, 0.4) is 0 Å². The first-order chi connectivity index (χ1) is 6.94. The summed E-state index contributed by atoms with van der Waals surface area (Å²) < 4.78 is 28.3. The van der Waals surface area contributed by atoms with Crippen molar-refractivity contribution in [2.75, 3.05) is 32.6 Å². The summed E-state index contributed by atoms with van der Waals surface area (Å²) in [5.74, 6) is -0.754. The van der Waals surface area contributed by atoms with Gasteiger partial charge in [-0.2, -0.15) is 0 Å². The highest BCUT2D eigenvalue weighted by molar-refractivity contribution is 7.89. The topological polar surface area (TPSA) is 83.9 Å². The third-order valence-electron chi connectivity index (χ3n) is 1.76. The molecule has 0 saturated heterocycles. The van der Waals surface area contributed by atoms with Crippen molar-refractivity contribution in [2.24, 2.45) is 0 Å². The number of rotatable bonds is 7. The molecule has 0 aliphatic heterocycles. The quantitative estimate of drug-likeness (QED) is 0.588. The summed E-state index contributed by atoms with van der Waals surface area (Å²) in [7, 11) is -2.08. The van der Waals surface area contributed by atoms with Gasteiger partial charge in [-0.3, -0.25) is 4.79 Å². The van der Waals surface area contributed by atoms with E-state index in [1.807, 2.05) is 0 Å². The van der Waals surface area contributed by atoms with Crippen molar-refractivity contribution in [3.05, 3.63) is 0 Å². The highest BCUT2D eigenvalue weighted by atomic mass is 32.2. The third kappa shape index (κ3) is 5.71. The Kier molecular flexibility index (Phi) is 6.46. The first kappa shape index (κ1) is 14.3. The monoisotopic (exact) mass is 239 g/mol. The number of hydrogen-bond acceptors (Lipinski definition) is 5. The van der Waals surface area contributed by atoms with Crippen molar-refractivity contribution in [3.63, 3.8) is 0 Å². The number of esters is 1. The number of nitrogens with zero attached hydrogens (tertiary/aromatic N) is 1. The van der Waals surface area contributed by atoms with Gasteiger partial charge in [-0.1, -0.05) is 0 Å². The predicted molar refractivity (Wildman–Crippen MR) is 54.8 cm³/mol. The van der Waals surface area contributed by atoms with Gasteiger partial charge in [-0.25, -0.2) is 12.7 Å². The van der Waals surface area contributed by atoms with Crippen LogP contribution in [0.15, 0.2) is 0 Å². The second kappa shape index (κ2) is 6.76. The Labute approximate surface area is 89.9 Å². The summed E-state index contributed by atoms with van der Waals surface area (Å²) in [6, 6.07) is 0. The fourth-order valence-electron chi connectivity index (χ4n) is 0.892. The zero-order valence-electron chi connectivity index (χ0n) is 8.97. The minimum absolute atomic E-state index is 0.0228. The Morgan fingerprint density at radius 1 is 1.47 bits per heavy atom. The molecule has 15 heavy (non-hydrogen) atoms. The van der Waals surface area contributed by atoms with Gasteiger partial charge >= 0.3 is 5.97 Å². The number of sulfonamides is 1. The van der Waals surface area contributed by atoms with E-state index in [9.17, 15) is 13.2 Å². The lowest BCUT2D eigenvalue weighted by atomic mass is 10.4. The number of aliphatic hydroxyl groups excluding tert-OH is 1. The molecule has 7 heteroatoms. The lowest BCUT2D eigenvalue weighted by Crippen LogP contribution is -2.32. The number of carbonyl (C=O) groups is 1. The SMILES string of the molecule is CCOC(=O)CCN(C)S(=O)(=O)CCO. The van der Waals surface area contributed by atoms with E-state index in [0.717, 1.165) is 4.31 Å². The van der Waals surface area contributed by atoms with Gasteiger partial charge in [0.05, 0.1) is 25.4 Å². The fourth-order valence-corrected chi connectivity index (χ4v) is 1.80. The van der Waals surface area contributed by atoms with Crippen molar-refractivity contribution in [2.45, 2.75) is 13.3 Å². The van der Waals surface area contributed by atoms with Gasteiger partial charge in [0.25, 0.3) is 0 Å². The van der Waals surface area contributed by atoms with Crippen molar-refractivity contribution < 1.29 is 23.1 Å². The number of aliphatic hydroxyl groups is 1. The summed E-state index contributed by atoms with van der Waals surface area (Å²) in [6.07, 6.45) is 0.0228. The molecule has 90 valence electrons. The van der Waals surface area contributed by atoms with Crippen molar-refractivity contribution in [1.82, 2.24) is 4.31 Å². The summed E-state index contributed by atoms with van der Waals surface area (Å²) in [4.78, 5) is 10.9. The molecule has 0 aliphatic carbocycles. The highest BCUT2D eigenvalue weighted by Crippen LogP contribution is 1.99. The summed E-state index contributed by atoms with van der Waals surface area (Å²) in [6.45, 7) is 1.61. The molecule has 0 radical (unpaired) electrons. The van der Waals surface area contributed by atoms with Crippen LogP contribution in [-0.2, 0) is 19.6 Å². The maximum atomic E-state index is 11.3. The summed E-state index contributed by atoms with van der Waals surface area (Å²) >= 11 is 0. The second-order valence-electron chi connectivity index (χ2n) is 2.92. The molecule has 0 atom stereocenters. The minimum Gasteiger partial charge on any atom is -0.466 e. The average molecular weight is 239 g/mol.